The number of hydrogen-bond donors (Lipinski definition) is 2. The van der Waals surface area contributed by atoms with E-state index in [2.05, 4.69) is 26.9 Å². The van der Waals surface area contributed by atoms with Crippen molar-refractivity contribution in [1.82, 2.24) is 10.3 Å². The second kappa shape index (κ2) is 5.77. The van der Waals surface area contributed by atoms with E-state index in [-0.39, 0.29) is 5.75 Å². The Kier molecular flexibility index (Phi) is 3.93. The highest BCUT2D eigenvalue weighted by atomic mass is 19.4. The number of ether oxygens (including phenoxy) is 1. The molecule has 2 aromatic rings. The Bertz CT molecular complexity index is 726. The van der Waals surface area contributed by atoms with Gasteiger partial charge in [-0.05, 0) is 25.1 Å². The number of piperazine rings is 1. The molecule has 0 spiro atoms. The molecule has 2 N–H and O–H groups in total. The number of alkyl halides is 3. The number of halogens is 3. The molecule has 1 fully saturated rings. The van der Waals surface area contributed by atoms with Crippen molar-refractivity contribution >= 4 is 22.6 Å². The highest BCUT2D eigenvalue weighted by Crippen LogP contribution is 2.31. The summed E-state index contributed by atoms with van der Waals surface area (Å²) >= 11 is 0. The Labute approximate surface area is 130 Å². The summed E-state index contributed by atoms with van der Waals surface area (Å²) in [5, 5.41) is 3.78. The summed E-state index contributed by atoms with van der Waals surface area (Å²) in [6, 6.07) is 5.73. The first-order valence-electron chi connectivity index (χ1n) is 7.23. The predicted octanol–water partition coefficient (Wildman–Crippen LogP) is 2.43. The molecule has 1 atom stereocenters. The van der Waals surface area contributed by atoms with Crippen molar-refractivity contribution in [3.8, 4) is 5.75 Å². The Morgan fingerprint density at radius 2 is 2.17 bits per heavy atom. The van der Waals surface area contributed by atoms with Crippen LogP contribution in [0.5, 0.6) is 5.75 Å². The van der Waals surface area contributed by atoms with Gasteiger partial charge in [-0.25, -0.2) is 4.79 Å². The summed E-state index contributed by atoms with van der Waals surface area (Å²) in [4.78, 5) is 16.0. The number of rotatable bonds is 2. The Morgan fingerprint density at radius 1 is 1.39 bits per heavy atom. The third-order valence-electron chi connectivity index (χ3n) is 3.80. The monoisotopic (exact) mass is 327 g/mol. The minimum absolute atomic E-state index is 0.118. The summed E-state index contributed by atoms with van der Waals surface area (Å²) < 4.78 is 41.5. The molecule has 0 unspecified atom stereocenters. The van der Waals surface area contributed by atoms with Crippen molar-refractivity contribution < 1.29 is 22.7 Å². The third kappa shape index (κ3) is 3.26. The number of anilines is 1. The van der Waals surface area contributed by atoms with Crippen molar-refractivity contribution in [3.63, 3.8) is 0 Å². The molecule has 1 saturated heterocycles. The summed E-state index contributed by atoms with van der Waals surface area (Å²) in [5.74, 6) is -2.34. The zero-order valence-corrected chi connectivity index (χ0v) is 12.4. The smallest absolute Gasteiger partial charge is 0.418 e. The molecule has 3 rings (SSSR count). The lowest BCUT2D eigenvalue weighted by Gasteiger charge is -2.33. The van der Waals surface area contributed by atoms with Gasteiger partial charge in [-0.1, -0.05) is 0 Å². The molecule has 1 aliphatic rings. The molecule has 5 nitrogen and oxygen atoms in total. The van der Waals surface area contributed by atoms with Gasteiger partial charge in [0.05, 0.1) is 0 Å². The van der Waals surface area contributed by atoms with Crippen molar-refractivity contribution in [1.29, 1.82) is 0 Å². The van der Waals surface area contributed by atoms with E-state index in [4.69, 9.17) is 0 Å². The maximum Gasteiger partial charge on any atom is 0.491 e. The first-order chi connectivity index (χ1) is 10.8. The van der Waals surface area contributed by atoms with E-state index in [1.807, 2.05) is 6.07 Å². The van der Waals surface area contributed by atoms with Gasteiger partial charge in [-0.3, -0.25) is 0 Å². The van der Waals surface area contributed by atoms with Crippen LogP contribution in [0.25, 0.3) is 10.9 Å². The number of carbonyl (C=O) groups is 1. The number of nitrogens with one attached hydrogen (secondary N) is 2. The minimum atomic E-state index is -5.02. The molecular weight excluding hydrogens is 311 g/mol. The second-order valence-electron chi connectivity index (χ2n) is 5.57. The van der Waals surface area contributed by atoms with Crippen LogP contribution in [-0.2, 0) is 4.79 Å². The van der Waals surface area contributed by atoms with Crippen LogP contribution >= 0.6 is 0 Å². The van der Waals surface area contributed by atoms with Gasteiger partial charge in [0.2, 0.25) is 0 Å². The van der Waals surface area contributed by atoms with Gasteiger partial charge in [-0.15, -0.1) is 0 Å². The molecular formula is C15H16F3N3O2. The fraction of sp³-hybridized carbons (Fsp3) is 0.400. The fourth-order valence-corrected chi connectivity index (χ4v) is 2.69. The maximum absolute atomic E-state index is 12.4. The molecule has 0 aliphatic carbocycles. The molecule has 1 aromatic heterocycles. The van der Waals surface area contributed by atoms with Crippen molar-refractivity contribution in [2.45, 2.75) is 19.1 Å². The normalized spacial score (nSPS) is 19.1. The SMILES string of the molecule is C[C@H]1CN(c2ccc3[nH]cc(OC(=O)C(F)(F)F)c3c2)CCN1. The van der Waals surface area contributed by atoms with Crippen LogP contribution in [0, 0.1) is 0 Å². The number of aromatic nitrogens is 1. The maximum atomic E-state index is 12.4. The summed E-state index contributed by atoms with van der Waals surface area (Å²) in [5.41, 5.74) is 1.50. The molecule has 23 heavy (non-hydrogen) atoms. The Balaban J connectivity index is 1.89. The molecule has 8 heteroatoms. The molecule has 2 heterocycles. The minimum Gasteiger partial charge on any atom is -0.418 e. The summed E-state index contributed by atoms with van der Waals surface area (Å²) in [6.07, 6.45) is -3.76. The standard InChI is InChI=1S/C15H16F3N3O2/c1-9-8-21(5-4-19-9)10-2-3-12-11(6-10)13(7-20-12)23-14(22)15(16,17)18/h2-3,6-7,9,19-20H,4-5,8H2,1H3/t9-/m0/s1. The average molecular weight is 327 g/mol. The first-order valence-corrected chi connectivity index (χ1v) is 7.23. The Hall–Kier alpha value is -2.22. The molecule has 0 amide bonds. The van der Waals surface area contributed by atoms with Crippen molar-refractivity contribution in [2.24, 2.45) is 0 Å². The largest absolute Gasteiger partial charge is 0.491 e. The van der Waals surface area contributed by atoms with Crippen LogP contribution in [0.4, 0.5) is 18.9 Å². The van der Waals surface area contributed by atoms with Gasteiger partial charge in [0, 0.05) is 48.5 Å². The number of esters is 1. The third-order valence-corrected chi connectivity index (χ3v) is 3.80. The van der Waals surface area contributed by atoms with Crippen molar-refractivity contribution in [3.05, 3.63) is 24.4 Å². The van der Waals surface area contributed by atoms with Crippen LogP contribution in [-0.4, -0.2) is 42.8 Å². The molecule has 0 bridgehead atoms. The summed E-state index contributed by atoms with van der Waals surface area (Å²) in [7, 11) is 0. The number of fused-ring (bicyclic) bond motifs is 1. The number of hydrogen-bond acceptors (Lipinski definition) is 4. The van der Waals surface area contributed by atoms with E-state index in [0.29, 0.717) is 16.9 Å². The molecule has 1 aliphatic heterocycles. The quantitative estimate of drug-likeness (QED) is 0.832. The molecule has 124 valence electrons. The molecule has 0 saturated carbocycles. The number of benzene rings is 1. The number of carbonyl (C=O) groups excluding carboxylic acids is 1. The predicted molar refractivity (Wildman–Crippen MR) is 79.7 cm³/mol. The number of aromatic amines is 1. The van der Waals surface area contributed by atoms with Gasteiger partial charge in [0.15, 0.2) is 5.75 Å². The Morgan fingerprint density at radius 3 is 2.87 bits per heavy atom. The van der Waals surface area contributed by atoms with Crippen LogP contribution in [0.15, 0.2) is 24.4 Å². The van der Waals surface area contributed by atoms with E-state index in [1.54, 1.807) is 12.1 Å². The van der Waals surface area contributed by atoms with E-state index in [9.17, 15) is 18.0 Å². The fourth-order valence-electron chi connectivity index (χ4n) is 2.69. The first kappa shape index (κ1) is 15.7. The van der Waals surface area contributed by atoms with E-state index in [1.165, 1.54) is 6.20 Å². The van der Waals surface area contributed by atoms with Gasteiger partial charge in [0.1, 0.15) is 0 Å². The van der Waals surface area contributed by atoms with Crippen molar-refractivity contribution in [2.75, 3.05) is 24.5 Å². The lowest BCUT2D eigenvalue weighted by Crippen LogP contribution is -2.49. The highest BCUT2D eigenvalue weighted by Gasteiger charge is 2.41. The number of nitrogens with zero attached hydrogens (tertiary/aromatic N) is 1. The molecule has 0 radical (unpaired) electrons. The van der Waals surface area contributed by atoms with Crippen LogP contribution < -0.4 is 15.0 Å². The summed E-state index contributed by atoms with van der Waals surface area (Å²) in [6.45, 7) is 4.51. The van der Waals surface area contributed by atoms with Gasteiger partial charge >= 0.3 is 12.1 Å². The second-order valence-corrected chi connectivity index (χ2v) is 5.57. The lowest BCUT2D eigenvalue weighted by molar-refractivity contribution is -0.189. The van der Waals surface area contributed by atoms with Gasteiger partial charge < -0.3 is 19.9 Å². The van der Waals surface area contributed by atoms with E-state index in [0.717, 1.165) is 25.3 Å². The number of H-pyrrole nitrogens is 1. The topological polar surface area (TPSA) is 57.4 Å². The lowest BCUT2D eigenvalue weighted by atomic mass is 10.1. The molecule has 1 aromatic carbocycles. The highest BCUT2D eigenvalue weighted by molar-refractivity contribution is 5.92. The van der Waals surface area contributed by atoms with Crippen LogP contribution in [0.1, 0.15) is 6.92 Å². The van der Waals surface area contributed by atoms with E-state index < -0.39 is 12.1 Å². The van der Waals surface area contributed by atoms with Gasteiger partial charge in [0.25, 0.3) is 0 Å². The van der Waals surface area contributed by atoms with Gasteiger partial charge in [-0.2, -0.15) is 13.2 Å². The zero-order valence-electron chi connectivity index (χ0n) is 12.4. The van der Waals surface area contributed by atoms with E-state index >= 15 is 0 Å². The average Bonchev–Trinajstić information content (AvgIpc) is 2.88. The van der Waals surface area contributed by atoms with Crippen LogP contribution in [0.3, 0.4) is 0 Å². The van der Waals surface area contributed by atoms with Crippen LogP contribution in [0.2, 0.25) is 0 Å². The zero-order chi connectivity index (χ0) is 16.6.